The summed E-state index contributed by atoms with van der Waals surface area (Å²) in [5.41, 5.74) is 1.77. The van der Waals surface area contributed by atoms with Crippen LogP contribution in [-0.2, 0) is 19.1 Å². The molecule has 8 nitrogen and oxygen atoms in total. The highest BCUT2D eigenvalue weighted by Gasteiger charge is 2.76. The minimum absolute atomic E-state index is 0.0206. The van der Waals surface area contributed by atoms with Crippen molar-refractivity contribution in [2.75, 3.05) is 49.2 Å². The van der Waals surface area contributed by atoms with E-state index in [4.69, 9.17) is 4.74 Å². The molecule has 3 unspecified atom stereocenters. The van der Waals surface area contributed by atoms with Crippen LogP contribution in [0.3, 0.4) is 0 Å². The van der Waals surface area contributed by atoms with Gasteiger partial charge in [-0.1, -0.05) is 28.1 Å². The number of likely N-dealkylation sites (tertiary alicyclic amines) is 1. The predicted octanol–water partition coefficient (Wildman–Crippen LogP) is 3.63. The number of halogens is 1. The van der Waals surface area contributed by atoms with E-state index >= 15 is 0 Å². The molecule has 1 aromatic rings. The minimum atomic E-state index is -0.828. The average Bonchev–Trinajstić information content (AvgIpc) is 3.52. The number of hydrogen-bond donors (Lipinski definition) is 1. The van der Waals surface area contributed by atoms with Gasteiger partial charge in [-0.25, -0.2) is 0 Å². The Labute approximate surface area is 243 Å². The maximum absolute atomic E-state index is 14.5. The van der Waals surface area contributed by atoms with Crippen molar-refractivity contribution in [2.45, 2.75) is 47.6 Å². The first-order valence-corrected chi connectivity index (χ1v) is 15.4. The van der Waals surface area contributed by atoms with Gasteiger partial charge in [0, 0.05) is 47.6 Å². The maximum Gasteiger partial charge on any atom is 0.310 e. The number of nitrogens with zero attached hydrogens (tertiary/aromatic N) is 3. The Morgan fingerprint density at radius 2 is 1.87 bits per heavy atom. The molecule has 39 heavy (non-hydrogen) atoms. The number of fused-ring (bicyclic) bond motifs is 1. The van der Waals surface area contributed by atoms with Gasteiger partial charge in [0.1, 0.15) is 6.04 Å². The number of aliphatic hydroxyl groups is 1. The smallest absolute Gasteiger partial charge is 0.310 e. The van der Waals surface area contributed by atoms with Crippen LogP contribution in [0.15, 0.2) is 49.6 Å². The van der Waals surface area contributed by atoms with Gasteiger partial charge < -0.3 is 24.5 Å². The fourth-order valence-electron chi connectivity index (χ4n) is 6.40. The fourth-order valence-corrected chi connectivity index (χ4v) is 9.99. The molecule has 2 amide bonds. The van der Waals surface area contributed by atoms with Crippen molar-refractivity contribution in [2.24, 2.45) is 11.8 Å². The van der Waals surface area contributed by atoms with Crippen molar-refractivity contribution >= 4 is 56.9 Å². The van der Waals surface area contributed by atoms with Gasteiger partial charge in [-0.15, -0.1) is 24.9 Å². The molecule has 4 rings (SSSR count). The lowest BCUT2D eigenvalue weighted by molar-refractivity contribution is -0.154. The molecule has 10 heteroatoms. The third kappa shape index (κ3) is 5.15. The topological polar surface area (TPSA) is 90.4 Å². The van der Waals surface area contributed by atoms with Gasteiger partial charge in [0.25, 0.3) is 5.91 Å². The van der Waals surface area contributed by atoms with Gasteiger partial charge in [0.05, 0.1) is 29.8 Å². The first-order chi connectivity index (χ1) is 18.8. The van der Waals surface area contributed by atoms with Crippen LogP contribution in [0.2, 0.25) is 0 Å². The number of hydrogen-bond acceptors (Lipinski definition) is 7. The Morgan fingerprint density at radius 3 is 2.46 bits per heavy atom. The monoisotopic (exact) mass is 619 g/mol. The zero-order valence-corrected chi connectivity index (χ0v) is 25.0. The van der Waals surface area contributed by atoms with Crippen molar-refractivity contribution in [3.63, 3.8) is 0 Å². The molecule has 3 fully saturated rings. The highest BCUT2D eigenvalue weighted by Crippen LogP contribution is 2.68. The number of β-amino-alcohol motifs (C(OH)–C–C–N with tert-alkyl or cyclic N) is 1. The molecule has 3 heterocycles. The van der Waals surface area contributed by atoms with Crippen molar-refractivity contribution < 1.29 is 24.2 Å². The molecule has 2 bridgehead atoms. The molecule has 6 atom stereocenters. The first-order valence-electron chi connectivity index (χ1n) is 13.6. The SMILES string of the molecule is C=CCCOC(=O)[C@H]1[C@H]2C(=O)N(CCO)C(C(=O)N(CC=C)c3ccc(N(CC)CC)cc3)C23CC(Br)[C@@H]1S3. The van der Waals surface area contributed by atoms with Crippen LogP contribution in [0.4, 0.5) is 11.4 Å². The second kappa shape index (κ2) is 12.5. The van der Waals surface area contributed by atoms with E-state index in [0.29, 0.717) is 18.5 Å². The van der Waals surface area contributed by atoms with Crippen LogP contribution in [-0.4, -0.2) is 88.0 Å². The van der Waals surface area contributed by atoms with Gasteiger partial charge >= 0.3 is 5.97 Å². The molecule has 0 radical (unpaired) electrons. The number of thioether (sulfide) groups is 1. The molecular formula is C29H38BrN3O5S. The summed E-state index contributed by atoms with van der Waals surface area (Å²) in [6.07, 6.45) is 4.44. The Balaban J connectivity index is 1.70. The summed E-state index contributed by atoms with van der Waals surface area (Å²) in [4.78, 5) is 46.9. The Morgan fingerprint density at radius 1 is 1.21 bits per heavy atom. The number of alkyl halides is 1. The number of benzene rings is 1. The summed E-state index contributed by atoms with van der Waals surface area (Å²) in [5.74, 6) is -2.26. The van der Waals surface area contributed by atoms with Crippen molar-refractivity contribution in [1.29, 1.82) is 0 Å². The normalized spacial score (nSPS) is 28.8. The van der Waals surface area contributed by atoms with Gasteiger partial charge in [-0.05, 0) is 51.0 Å². The number of anilines is 2. The molecule has 1 aromatic carbocycles. The number of amides is 2. The van der Waals surface area contributed by atoms with Gasteiger partial charge in [0.15, 0.2) is 0 Å². The molecule has 0 saturated carbocycles. The quantitative estimate of drug-likeness (QED) is 0.156. The van der Waals surface area contributed by atoms with E-state index in [-0.39, 0.29) is 48.2 Å². The second-order valence-electron chi connectivity index (χ2n) is 10.1. The van der Waals surface area contributed by atoms with Crippen LogP contribution in [0.1, 0.15) is 26.7 Å². The van der Waals surface area contributed by atoms with E-state index in [2.05, 4.69) is 47.8 Å². The zero-order valence-electron chi connectivity index (χ0n) is 22.6. The van der Waals surface area contributed by atoms with E-state index < -0.39 is 28.6 Å². The average molecular weight is 621 g/mol. The van der Waals surface area contributed by atoms with Crippen LogP contribution >= 0.6 is 27.7 Å². The minimum Gasteiger partial charge on any atom is -0.465 e. The molecule has 3 saturated heterocycles. The second-order valence-corrected chi connectivity index (χ2v) is 12.8. The molecule has 3 aliphatic rings. The predicted molar refractivity (Wildman–Crippen MR) is 159 cm³/mol. The standard InChI is InChI=1S/C29H38BrN3O5S/c1-5-9-17-38-28(37)22-23-26(35)33(15-16-34)25(29(23)18-21(30)24(22)39-29)27(36)32(14-6-2)20-12-10-19(11-13-20)31(7-3)8-4/h5-6,10-13,21-25,34H,1-2,7-9,14-18H2,3-4H3/t21?,22-,23-,24-,25?,29?/m0/s1. The van der Waals surface area contributed by atoms with E-state index in [1.165, 1.54) is 4.90 Å². The lowest BCUT2D eigenvalue weighted by atomic mass is 9.71. The van der Waals surface area contributed by atoms with E-state index in [1.54, 1.807) is 28.8 Å². The Bertz CT molecular complexity index is 1100. The summed E-state index contributed by atoms with van der Waals surface area (Å²) in [7, 11) is 0. The van der Waals surface area contributed by atoms with Crippen LogP contribution in [0, 0.1) is 11.8 Å². The number of ether oxygens (including phenoxy) is 1. The Hall–Kier alpha value is -2.30. The number of aliphatic hydroxyl groups excluding tert-OH is 1. The van der Waals surface area contributed by atoms with Gasteiger partial charge in [-0.3, -0.25) is 14.4 Å². The van der Waals surface area contributed by atoms with E-state index in [1.807, 2.05) is 24.3 Å². The molecule has 0 aromatic heterocycles. The van der Waals surface area contributed by atoms with Crippen molar-refractivity contribution in [3.05, 3.63) is 49.6 Å². The maximum atomic E-state index is 14.5. The summed E-state index contributed by atoms with van der Waals surface area (Å²) >= 11 is 5.30. The molecular weight excluding hydrogens is 582 g/mol. The van der Waals surface area contributed by atoms with Gasteiger partial charge in [0.2, 0.25) is 5.91 Å². The molecule has 1 N–H and O–H groups in total. The number of carbonyl (C=O) groups is 3. The first kappa shape index (κ1) is 29.7. The summed E-state index contributed by atoms with van der Waals surface area (Å²) in [6, 6.07) is 7.01. The number of carbonyl (C=O) groups excluding carboxylic acids is 3. The molecule has 0 aliphatic carbocycles. The third-order valence-corrected chi connectivity index (χ3v) is 11.3. The van der Waals surface area contributed by atoms with Crippen molar-refractivity contribution in [1.82, 2.24) is 4.90 Å². The van der Waals surface area contributed by atoms with E-state index in [0.717, 1.165) is 18.8 Å². The molecule has 212 valence electrons. The van der Waals surface area contributed by atoms with Crippen molar-refractivity contribution in [3.8, 4) is 0 Å². The van der Waals surface area contributed by atoms with E-state index in [9.17, 15) is 19.5 Å². The summed E-state index contributed by atoms with van der Waals surface area (Å²) in [5, 5.41) is 9.70. The summed E-state index contributed by atoms with van der Waals surface area (Å²) in [6.45, 7) is 13.7. The fraction of sp³-hybridized carbons (Fsp3) is 0.552. The Kier molecular flexibility index (Phi) is 9.49. The van der Waals surface area contributed by atoms with Crippen LogP contribution in [0.25, 0.3) is 0 Å². The zero-order chi connectivity index (χ0) is 28.3. The molecule has 3 aliphatic heterocycles. The lowest BCUT2D eigenvalue weighted by Gasteiger charge is -2.37. The van der Waals surface area contributed by atoms with Crippen LogP contribution in [0.5, 0.6) is 0 Å². The van der Waals surface area contributed by atoms with Crippen LogP contribution < -0.4 is 9.80 Å². The largest absolute Gasteiger partial charge is 0.465 e. The molecule has 1 spiro atoms. The number of rotatable bonds is 13. The lowest BCUT2D eigenvalue weighted by Crippen LogP contribution is -2.56. The third-order valence-electron chi connectivity index (χ3n) is 8.07. The summed E-state index contributed by atoms with van der Waals surface area (Å²) < 4.78 is 4.74. The highest BCUT2D eigenvalue weighted by molar-refractivity contribution is 9.09. The number of esters is 1. The highest BCUT2D eigenvalue weighted by atomic mass is 79.9. The van der Waals surface area contributed by atoms with Gasteiger partial charge in [-0.2, -0.15) is 0 Å².